The maximum Gasteiger partial charge on any atom is 0.326 e. The maximum atomic E-state index is 13.6. The molecular weight excluding hydrogens is 303 g/mol. The summed E-state index contributed by atoms with van der Waals surface area (Å²) in [5.41, 5.74) is 0.515. The first-order valence-electron chi connectivity index (χ1n) is 7.48. The van der Waals surface area contributed by atoms with Gasteiger partial charge in [-0.3, -0.25) is 9.69 Å². The van der Waals surface area contributed by atoms with E-state index in [2.05, 4.69) is 0 Å². The van der Waals surface area contributed by atoms with Gasteiger partial charge >= 0.3 is 5.97 Å². The second-order valence-corrected chi connectivity index (χ2v) is 5.57. The molecular formula is C16H21FN2O4. The molecule has 0 bridgehead atoms. The molecule has 0 aliphatic carbocycles. The Kier molecular flexibility index (Phi) is 5.68. The van der Waals surface area contributed by atoms with Crippen LogP contribution in [0.5, 0.6) is 0 Å². The summed E-state index contributed by atoms with van der Waals surface area (Å²) in [6, 6.07) is 4.18. The normalized spacial score (nSPS) is 18.2. The minimum absolute atomic E-state index is 0.368. The number of benzene rings is 1. The SMILES string of the molecule is C[C@@H](C(=O)O)N(C)C(=O)[C@@H](c1cccc(F)c1)N1CCOCC1. The molecule has 1 heterocycles. The third-order valence-electron chi connectivity index (χ3n) is 4.10. The van der Waals surface area contributed by atoms with Gasteiger partial charge in [0.1, 0.15) is 17.9 Å². The zero-order valence-corrected chi connectivity index (χ0v) is 13.2. The van der Waals surface area contributed by atoms with Crippen molar-refractivity contribution in [2.24, 2.45) is 0 Å². The van der Waals surface area contributed by atoms with Gasteiger partial charge in [-0.15, -0.1) is 0 Å². The Labute approximate surface area is 134 Å². The lowest BCUT2D eigenvalue weighted by Crippen LogP contribution is -2.49. The van der Waals surface area contributed by atoms with Gasteiger partial charge in [-0.1, -0.05) is 12.1 Å². The molecule has 0 aromatic heterocycles. The van der Waals surface area contributed by atoms with Crippen molar-refractivity contribution in [2.45, 2.75) is 19.0 Å². The summed E-state index contributed by atoms with van der Waals surface area (Å²) in [5, 5.41) is 9.12. The van der Waals surface area contributed by atoms with Crippen molar-refractivity contribution in [2.75, 3.05) is 33.4 Å². The average molecular weight is 324 g/mol. The van der Waals surface area contributed by atoms with Gasteiger partial charge in [0.25, 0.3) is 0 Å². The standard InChI is InChI=1S/C16H21FN2O4/c1-11(16(21)22)18(2)15(20)14(19-6-8-23-9-7-19)12-4-3-5-13(17)10-12/h3-5,10-11,14H,6-9H2,1-2H3,(H,21,22)/t11-,14+/m0/s1. The van der Waals surface area contributed by atoms with Crippen LogP contribution in [0.1, 0.15) is 18.5 Å². The van der Waals surface area contributed by atoms with Crippen LogP contribution in [0.4, 0.5) is 4.39 Å². The van der Waals surface area contributed by atoms with Crippen molar-refractivity contribution in [3.05, 3.63) is 35.6 Å². The largest absolute Gasteiger partial charge is 0.480 e. The first-order chi connectivity index (χ1) is 10.9. The number of nitrogens with zero attached hydrogens (tertiary/aromatic N) is 2. The van der Waals surface area contributed by atoms with E-state index < -0.39 is 23.9 Å². The molecule has 6 nitrogen and oxygen atoms in total. The number of amides is 1. The summed E-state index contributed by atoms with van der Waals surface area (Å²) in [6.07, 6.45) is 0. The van der Waals surface area contributed by atoms with E-state index in [1.54, 1.807) is 12.1 Å². The smallest absolute Gasteiger partial charge is 0.326 e. The molecule has 2 rings (SSSR count). The van der Waals surface area contributed by atoms with E-state index >= 15 is 0 Å². The molecule has 1 N–H and O–H groups in total. The minimum atomic E-state index is -1.08. The van der Waals surface area contributed by atoms with Crippen molar-refractivity contribution in [3.63, 3.8) is 0 Å². The fourth-order valence-electron chi connectivity index (χ4n) is 2.57. The number of halogens is 1. The van der Waals surface area contributed by atoms with Crippen molar-refractivity contribution >= 4 is 11.9 Å². The van der Waals surface area contributed by atoms with Crippen LogP contribution in [-0.4, -0.2) is 66.2 Å². The monoisotopic (exact) mass is 324 g/mol. The number of hydrogen-bond donors (Lipinski definition) is 1. The molecule has 1 saturated heterocycles. The third kappa shape index (κ3) is 4.05. The lowest BCUT2D eigenvalue weighted by Gasteiger charge is -2.36. The Morgan fingerprint density at radius 2 is 2.00 bits per heavy atom. The first-order valence-corrected chi connectivity index (χ1v) is 7.48. The fraction of sp³-hybridized carbons (Fsp3) is 0.500. The highest BCUT2D eigenvalue weighted by atomic mass is 19.1. The van der Waals surface area contributed by atoms with Crippen LogP contribution in [-0.2, 0) is 14.3 Å². The van der Waals surface area contributed by atoms with Gasteiger partial charge in [-0.05, 0) is 24.6 Å². The predicted octanol–water partition coefficient (Wildman–Crippen LogP) is 1.13. The number of likely N-dealkylation sites (N-methyl/N-ethyl adjacent to an activating group) is 1. The van der Waals surface area contributed by atoms with Gasteiger partial charge in [0.15, 0.2) is 0 Å². The number of carboxylic acids is 1. The number of carboxylic acid groups (broad SMARTS) is 1. The van der Waals surface area contributed by atoms with Crippen molar-refractivity contribution in [1.82, 2.24) is 9.80 Å². The number of hydrogen-bond acceptors (Lipinski definition) is 4. The zero-order chi connectivity index (χ0) is 17.0. The molecule has 1 fully saturated rings. The van der Waals surface area contributed by atoms with Crippen molar-refractivity contribution in [3.8, 4) is 0 Å². The Hall–Kier alpha value is -1.99. The molecule has 23 heavy (non-hydrogen) atoms. The molecule has 2 atom stereocenters. The van der Waals surface area contributed by atoms with E-state index in [9.17, 15) is 14.0 Å². The Bertz CT molecular complexity index is 575. The number of carbonyl (C=O) groups excluding carboxylic acids is 1. The lowest BCUT2D eigenvalue weighted by atomic mass is 10.0. The summed E-state index contributed by atoms with van der Waals surface area (Å²) >= 11 is 0. The summed E-state index contributed by atoms with van der Waals surface area (Å²) in [5.74, 6) is -1.88. The maximum absolute atomic E-state index is 13.6. The van der Waals surface area contributed by atoms with Crippen LogP contribution in [0, 0.1) is 5.82 Å². The molecule has 1 amide bonds. The van der Waals surface area contributed by atoms with Crippen LogP contribution >= 0.6 is 0 Å². The summed E-state index contributed by atoms with van der Waals surface area (Å²) in [4.78, 5) is 27.1. The predicted molar refractivity (Wildman–Crippen MR) is 81.4 cm³/mol. The van der Waals surface area contributed by atoms with E-state index in [1.165, 1.54) is 31.0 Å². The van der Waals surface area contributed by atoms with E-state index in [0.29, 0.717) is 31.9 Å². The number of aliphatic carboxylic acids is 1. The number of ether oxygens (including phenoxy) is 1. The molecule has 126 valence electrons. The minimum Gasteiger partial charge on any atom is -0.480 e. The van der Waals surface area contributed by atoms with Crippen molar-refractivity contribution in [1.29, 1.82) is 0 Å². The van der Waals surface area contributed by atoms with E-state index in [4.69, 9.17) is 9.84 Å². The summed E-state index contributed by atoms with van der Waals surface area (Å²) in [6.45, 7) is 3.47. The third-order valence-corrected chi connectivity index (χ3v) is 4.10. The van der Waals surface area contributed by atoms with Crippen LogP contribution < -0.4 is 0 Å². The van der Waals surface area contributed by atoms with Crippen LogP contribution in [0.2, 0.25) is 0 Å². The van der Waals surface area contributed by atoms with Crippen molar-refractivity contribution < 1.29 is 23.8 Å². The molecule has 0 radical (unpaired) electrons. The second kappa shape index (κ2) is 7.52. The Balaban J connectivity index is 2.32. The topological polar surface area (TPSA) is 70.1 Å². The second-order valence-electron chi connectivity index (χ2n) is 5.57. The summed E-state index contributed by atoms with van der Waals surface area (Å²) in [7, 11) is 1.45. The highest BCUT2D eigenvalue weighted by Gasteiger charge is 2.34. The molecule has 1 aliphatic rings. The van der Waals surface area contributed by atoms with E-state index in [0.717, 1.165) is 0 Å². The van der Waals surface area contributed by atoms with Gasteiger partial charge in [-0.2, -0.15) is 0 Å². The Morgan fingerprint density at radius 3 is 2.57 bits per heavy atom. The van der Waals surface area contributed by atoms with Crippen LogP contribution in [0.15, 0.2) is 24.3 Å². The molecule has 0 unspecified atom stereocenters. The molecule has 1 aromatic carbocycles. The first kappa shape index (κ1) is 17.4. The van der Waals surface area contributed by atoms with Crippen LogP contribution in [0.25, 0.3) is 0 Å². The van der Waals surface area contributed by atoms with Gasteiger partial charge in [0, 0.05) is 20.1 Å². The summed E-state index contributed by atoms with van der Waals surface area (Å²) < 4.78 is 18.9. The quantitative estimate of drug-likeness (QED) is 0.879. The molecule has 0 spiro atoms. The number of carbonyl (C=O) groups is 2. The highest BCUT2D eigenvalue weighted by molar-refractivity contribution is 5.87. The average Bonchev–Trinajstić information content (AvgIpc) is 2.54. The van der Waals surface area contributed by atoms with Gasteiger partial charge < -0.3 is 14.7 Å². The van der Waals surface area contributed by atoms with Crippen LogP contribution in [0.3, 0.4) is 0 Å². The van der Waals surface area contributed by atoms with E-state index in [-0.39, 0.29) is 5.91 Å². The fourth-order valence-corrected chi connectivity index (χ4v) is 2.57. The zero-order valence-electron chi connectivity index (χ0n) is 13.2. The number of morpholine rings is 1. The number of rotatable bonds is 5. The lowest BCUT2D eigenvalue weighted by molar-refractivity contribution is -0.151. The molecule has 1 aliphatic heterocycles. The molecule has 0 saturated carbocycles. The van der Waals surface area contributed by atoms with Gasteiger partial charge in [0.2, 0.25) is 5.91 Å². The van der Waals surface area contributed by atoms with Gasteiger partial charge in [0.05, 0.1) is 13.2 Å². The molecule has 1 aromatic rings. The Morgan fingerprint density at radius 1 is 1.35 bits per heavy atom. The van der Waals surface area contributed by atoms with Gasteiger partial charge in [-0.25, -0.2) is 9.18 Å². The molecule has 7 heteroatoms. The van der Waals surface area contributed by atoms with E-state index in [1.807, 2.05) is 4.90 Å². The highest BCUT2D eigenvalue weighted by Crippen LogP contribution is 2.25.